The number of nitrogens with zero attached hydrogens (tertiary/aromatic N) is 2. The highest BCUT2D eigenvalue weighted by atomic mass is 32.1. The molecule has 2 heterocycles. The Morgan fingerprint density at radius 1 is 1.24 bits per heavy atom. The van der Waals surface area contributed by atoms with Crippen LogP contribution in [0.4, 0.5) is 5.82 Å². The van der Waals surface area contributed by atoms with E-state index >= 15 is 0 Å². The molecule has 2 aromatic heterocycles. The smallest absolute Gasteiger partial charge is 0.130 e. The summed E-state index contributed by atoms with van der Waals surface area (Å²) < 4.78 is 0. The molecule has 0 atom stereocenters. The van der Waals surface area contributed by atoms with Crippen molar-refractivity contribution in [3.63, 3.8) is 0 Å². The van der Waals surface area contributed by atoms with Crippen LogP contribution in [0.5, 0.6) is 0 Å². The molecule has 0 amide bonds. The van der Waals surface area contributed by atoms with E-state index in [0.717, 1.165) is 28.5 Å². The molecule has 0 saturated carbocycles. The van der Waals surface area contributed by atoms with Gasteiger partial charge in [0, 0.05) is 29.1 Å². The van der Waals surface area contributed by atoms with Crippen molar-refractivity contribution in [2.24, 2.45) is 0 Å². The monoisotopic (exact) mass is 297 g/mol. The van der Waals surface area contributed by atoms with E-state index in [1.165, 1.54) is 10.9 Å². The Balaban J connectivity index is 2.15. The largest absolute Gasteiger partial charge is 0.370 e. The lowest BCUT2D eigenvalue weighted by atomic mass is 10.0. The average molecular weight is 297 g/mol. The van der Waals surface area contributed by atoms with E-state index < -0.39 is 0 Å². The molecule has 0 fully saturated rings. The number of aromatic nitrogens is 2. The van der Waals surface area contributed by atoms with E-state index in [-0.39, 0.29) is 0 Å². The number of hydrogen-bond donors (Lipinski definition) is 1. The van der Waals surface area contributed by atoms with Crippen molar-refractivity contribution < 1.29 is 0 Å². The lowest BCUT2D eigenvalue weighted by Crippen LogP contribution is -2.05. The SMILES string of the molecule is CCNc1nc2ccc(-c3nccs3)cc2cc1C(C)C. The van der Waals surface area contributed by atoms with Crippen LogP contribution in [0.1, 0.15) is 32.3 Å². The van der Waals surface area contributed by atoms with E-state index in [1.807, 2.05) is 11.6 Å². The minimum Gasteiger partial charge on any atom is -0.370 e. The normalized spacial score (nSPS) is 11.2. The summed E-state index contributed by atoms with van der Waals surface area (Å²) in [6.07, 6.45) is 1.84. The van der Waals surface area contributed by atoms with Crippen LogP contribution in [0, 0.1) is 0 Å². The maximum atomic E-state index is 4.78. The molecular formula is C17H19N3S. The van der Waals surface area contributed by atoms with Gasteiger partial charge in [-0.1, -0.05) is 13.8 Å². The van der Waals surface area contributed by atoms with E-state index in [0.29, 0.717) is 5.92 Å². The Morgan fingerprint density at radius 2 is 2.10 bits per heavy atom. The molecule has 0 radical (unpaired) electrons. The van der Waals surface area contributed by atoms with Crippen LogP contribution in [0.15, 0.2) is 35.8 Å². The minimum absolute atomic E-state index is 0.444. The molecule has 0 saturated heterocycles. The second kappa shape index (κ2) is 5.82. The quantitative estimate of drug-likeness (QED) is 0.743. The summed E-state index contributed by atoms with van der Waals surface area (Å²) in [4.78, 5) is 9.16. The van der Waals surface area contributed by atoms with Crippen LogP contribution in [0.25, 0.3) is 21.5 Å². The standard InChI is InChI=1S/C17H19N3S/c1-4-18-16-14(11(2)3)10-13-9-12(5-6-15(13)20-16)17-19-7-8-21-17/h5-11H,4H2,1-3H3,(H,18,20). The predicted molar refractivity (Wildman–Crippen MR) is 91.1 cm³/mol. The molecule has 21 heavy (non-hydrogen) atoms. The molecule has 1 N–H and O–H groups in total. The van der Waals surface area contributed by atoms with Crippen molar-refractivity contribution in [3.8, 4) is 10.6 Å². The fraction of sp³-hybridized carbons (Fsp3) is 0.294. The Labute approximate surface area is 129 Å². The minimum atomic E-state index is 0.444. The number of pyridine rings is 1. The molecular weight excluding hydrogens is 278 g/mol. The maximum absolute atomic E-state index is 4.78. The molecule has 4 heteroatoms. The summed E-state index contributed by atoms with van der Waals surface area (Å²) in [5, 5.41) is 7.60. The molecule has 3 nitrogen and oxygen atoms in total. The van der Waals surface area contributed by atoms with Crippen LogP contribution in [-0.4, -0.2) is 16.5 Å². The second-order valence-electron chi connectivity index (χ2n) is 5.36. The number of hydrogen-bond acceptors (Lipinski definition) is 4. The van der Waals surface area contributed by atoms with Crippen LogP contribution in [0.2, 0.25) is 0 Å². The number of anilines is 1. The topological polar surface area (TPSA) is 37.8 Å². The predicted octanol–water partition coefficient (Wildman–Crippen LogP) is 4.91. The van der Waals surface area contributed by atoms with Gasteiger partial charge in [-0.15, -0.1) is 11.3 Å². The average Bonchev–Trinajstić information content (AvgIpc) is 3.00. The number of benzene rings is 1. The first-order valence-corrected chi connectivity index (χ1v) is 8.15. The Morgan fingerprint density at radius 3 is 2.76 bits per heavy atom. The maximum Gasteiger partial charge on any atom is 0.130 e. The van der Waals surface area contributed by atoms with Crippen molar-refractivity contribution in [2.45, 2.75) is 26.7 Å². The molecule has 1 aromatic carbocycles. The van der Waals surface area contributed by atoms with Gasteiger partial charge in [0.1, 0.15) is 10.8 Å². The zero-order valence-electron chi connectivity index (χ0n) is 12.6. The van der Waals surface area contributed by atoms with Gasteiger partial charge in [-0.05, 0) is 42.7 Å². The van der Waals surface area contributed by atoms with E-state index in [1.54, 1.807) is 11.3 Å². The molecule has 0 aliphatic heterocycles. The molecule has 0 spiro atoms. The van der Waals surface area contributed by atoms with Gasteiger partial charge < -0.3 is 5.32 Å². The highest BCUT2D eigenvalue weighted by Gasteiger charge is 2.11. The third-order valence-electron chi connectivity index (χ3n) is 3.49. The fourth-order valence-corrected chi connectivity index (χ4v) is 3.08. The molecule has 0 bridgehead atoms. The Kier molecular flexibility index (Phi) is 3.88. The third kappa shape index (κ3) is 2.76. The first kappa shape index (κ1) is 14.0. The van der Waals surface area contributed by atoms with Gasteiger partial charge in [-0.2, -0.15) is 0 Å². The summed E-state index contributed by atoms with van der Waals surface area (Å²) in [7, 11) is 0. The van der Waals surface area contributed by atoms with Gasteiger partial charge in [0.25, 0.3) is 0 Å². The Hall–Kier alpha value is -1.94. The Bertz CT molecular complexity index is 748. The number of rotatable bonds is 4. The van der Waals surface area contributed by atoms with Gasteiger partial charge >= 0.3 is 0 Å². The van der Waals surface area contributed by atoms with Crippen molar-refractivity contribution in [3.05, 3.63) is 41.4 Å². The lowest BCUT2D eigenvalue weighted by Gasteiger charge is -2.14. The highest BCUT2D eigenvalue weighted by Crippen LogP contribution is 2.30. The molecule has 108 valence electrons. The highest BCUT2D eigenvalue weighted by molar-refractivity contribution is 7.13. The molecule has 3 rings (SSSR count). The number of fused-ring (bicyclic) bond motifs is 1. The van der Waals surface area contributed by atoms with Gasteiger partial charge in [0.05, 0.1) is 5.52 Å². The summed E-state index contributed by atoms with van der Waals surface area (Å²) in [5.41, 5.74) is 3.45. The molecule has 3 aromatic rings. The second-order valence-corrected chi connectivity index (χ2v) is 6.25. The fourth-order valence-electron chi connectivity index (χ4n) is 2.44. The zero-order valence-corrected chi connectivity index (χ0v) is 13.4. The lowest BCUT2D eigenvalue weighted by molar-refractivity contribution is 0.862. The van der Waals surface area contributed by atoms with Crippen molar-refractivity contribution in [1.82, 2.24) is 9.97 Å². The summed E-state index contributed by atoms with van der Waals surface area (Å²) in [5.74, 6) is 1.45. The number of thiazole rings is 1. The first-order valence-electron chi connectivity index (χ1n) is 7.27. The van der Waals surface area contributed by atoms with Gasteiger partial charge in [0.2, 0.25) is 0 Å². The van der Waals surface area contributed by atoms with Gasteiger partial charge in [-0.3, -0.25) is 0 Å². The first-order chi connectivity index (χ1) is 10.2. The van der Waals surface area contributed by atoms with Gasteiger partial charge in [0.15, 0.2) is 0 Å². The van der Waals surface area contributed by atoms with Crippen LogP contribution < -0.4 is 5.32 Å². The molecule has 0 aliphatic rings. The zero-order chi connectivity index (χ0) is 14.8. The van der Waals surface area contributed by atoms with Crippen LogP contribution in [-0.2, 0) is 0 Å². The van der Waals surface area contributed by atoms with Crippen LogP contribution >= 0.6 is 11.3 Å². The van der Waals surface area contributed by atoms with Gasteiger partial charge in [-0.25, -0.2) is 9.97 Å². The van der Waals surface area contributed by atoms with Crippen molar-refractivity contribution in [2.75, 3.05) is 11.9 Å². The van der Waals surface area contributed by atoms with E-state index in [9.17, 15) is 0 Å². The van der Waals surface area contributed by atoms with Crippen molar-refractivity contribution in [1.29, 1.82) is 0 Å². The molecule has 0 unspecified atom stereocenters. The van der Waals surface area contributed by atoms with E-state index in [2.05, 4.69) is 55.3 Å². The van der Waals surface area contributed by atoms with Crippen LogP contribution in [0.3, 0.4) is 0 Å². The summed E-state index contributed by atoms with van der Waals surface area (Å²) in [6, 6.07) is 8.61. The summed E-state index contributed by atoms with van der Waals surface area (Å²) >= 11 is 1.66. The summed E-state index contributed by atoms with van der Waals surface area (Å²) in [6.45, 7) is 7.39. The number of nitrogens with one attached hydrogen (secondary N) is 1. The third-order valence-corrected chi connectivity index (χ3v) is 4.31. The van der Waals surface area contributed by atoms with Crippen molar-refractivity contribution >= 4 is 28.1 Å². The molecule has 0 aliphatic carbocycles. The van der Waals surface area contributed by atoms with E-state index in [4.69, 9.17) is 4.98 Å².